The second-order valence-electron chi connectivity index (χ2n) is 6.55. The zero-order valence-corrected chi connectivity index (χ0v) is 16.0. The van der Waals surface area contributed by atoms with Crippen molar-refractivity contribution in [2.24, 2.45) is 5.73 Å². The molecule has 0 fully saturated rings. The fourth-order valence-corrected chi connectivity index (χ4v) is 3.98. The molecule has 2 heterocycles. The van der Waals surface area contributed by atoms with Crippen molar-refractivity contribution in [2.45, 2.75) is 12.2 Å². The van der Waals surface area contributed by atoms with E-state index < -0.39 is 11.7 Å². The van der Waals surface area contributed by atoms with E-state index in [4.69, 9.17) is 5.73 Å². The van der Waals surface area contributed by atoms with Crippen molar-refractivity contribution in [3.8, 4) is 10.6 Å². The summed E-state index contributed by atoms with van der Waals surface area (Å²) in [7, 11) is 0. The zero-order chi connectivity index (χ0) is 20.4. The van der Waals surface area contributed by atoms with Gasteiger partial charge in [0.15, 0.2) is 0 Å². The number of thiophene rings is 1. The lowest BCUT2D eigenvalue weighted by Gasteiger charge is -2.13. The van der Waals surface area contributed by atoms with Crippen molar-refractivity contribution in [3.63, 3.8) is 0 Å². The Hall–Kier alpha value is -2.97. The Labute approximate surface area is 169 Å². The number of aromatic nitrogens is 2. The standard InChI is InChI=1S/C21H17F3N4S/c22-21(23,24)15-6-7-18-14(8-15)9-19(29-18)17-10-20(28-12-27-17)26-11-16(25)13-4-2-1-3-5-13/h1-10,12,16H,11,25H2,(H,26,27,28). The maximum atomic E-state index is 12.9. The molecule has 0 amide bonds. The molecule has 4 rings (SSSR count). The number of nitrogens with two attached hydrogens (primary N) is 1. The number of hydrogen-bond donors (Lipinski definition) is 2. The van der Waals surface area contributed by atoms with Crippen molar-refractivity contribution in [3.05, 3.63) is 78.1 Å². The van der Waals surface area contributed by atoms with E-state index >= 15 is 0 Å². The van der Waals surface area contributed by atoms with Crippen LogP contribution in [0.5, 0.6) is 0 Å². The van der Waals surface area contributed by atoms with Gasteiger partial charge in [0.05, 0.1) is 16.1 Å². The quantitative estimate of drug-likeness (QED) is 0.453. The average molecular weight is 414 g/mol. The second kappa shape index (κ2) is 7.81. The van der Waals surface area contributed by atoms with E-state index in [0.717, 1.165) is 27.3 Å². The molecule has 0 bridgehead atoms. The third-order valence-corrected chi connectivity index (χ3v) is 5.63. The van der Waals surface area contributed by atoms with Crippen LogP contribution in [0.15, 0.2) is 67.0 Å². The molecular weight excluding hydrogens is 397 g/mol. The van der Waals surface area contributed by atoms with E-state index in [9.17, 15) is 13.2 Å². The molecule has 1 unspecified atom stereocenters. The van der Waals surface area contributed by atoms with Crippen molar-refractivity contribution in [1.82, 2.24) is 9.97 Å². The first-order valence-corrected chi connectivity index (χ1v) is 9.69. The third-order valence-electron chi connectivity index (χ3n) is 4.49. The summed E-state index contributed by atoms with van der Waals surface area (Å²) in [5, 5.41) is 3.74. The van der Waals surface area contributed by atoms with Crippen LogP contribution in [0.25, 0.3) is 20.7 Å². The van der Waals surface area contributed by atoms with Gasteiger partial charge < -0.3 is 11.1 Å². The van der Waals surface area contributed by atoms with Crippen LogP contribution in [-0.4, -0.2) is 16.5 Å². The van der Waals surface area contributed by atoms with Gasteiger partial charge in [-0.2, -0.15) is 13.2 Å². The summed E-state index contributed by atoms with van der Waals surface area (Å²) in [4.78, 5) is 9.25. The lowest BCUT2D eigenvalue weighted by atomic mass is 10.1. The van der Waals surface area contributed by atoms with Gasteiger partial charge in [-0.3, -0.25) is 0 Å². The van der Waals surface area contributed by atoms with E-state index in [1.807, 2.05) is 30.3 Å². The Kier molecular flexibility index (Phi) is 5.21. The maximum Gasteiger partial charge on any atom is 0.416 e. The Bertz CT molecular complexity index is 1130. The van der Waals surface area contributed by atoms with Gasteiger partial charge in [0.2, 0.25) is 0 Å². The minimum atomic E-state index is -4.36. The van der Waals surface area contributed by atoms with E-state index in [1.165, 1.54) is 23.7 Å². The zero-order valence-electron chi connectivity index (χ0n) is 15.1. The number of hydrogen-bond acceptors (Lipinski definition) is 5. The van der Waals surface area contributed by atoms with Crippen molar-refractivity contribution >= 4 is 27.2 Å². The lowest BCUT2D eigenvalue weighted by molar-refractivity contribution is -0.137. The van der Waals surface area contributed by atoms with E-state index in [1.54, 1.807) is 12.1 Å². The molecule has 8 heteroatoms. The molecule has 2 aromatic heterocycles. The molecule has 0 spiro atoms. The molecule has 29 heavy (non-hydrogen) atoms. The molecule has 0 aliphatic carbocycles. The molecule has 0 saturated heterocycles. The monoisotopic (exact) mass is 414 g/mol. The summed E-state index contributed by atoms with van der Waals surface area (Å²) < 4.78 is 39.6. The summed E-state index contributed by atoms with van der Waals surface area (Å²) in [6, 6.07) is 16.8. The molecule has 4 aromatic rings. The van der Waals surface area contributed by atoms with Gasteiger partial charge in [-0.05, 0) is 35.2 Å². The Morgan fingerprint density at radius 2 is 1.79 bits per heavy atom. The minimum absolute atomic E-state index is 0.195. The van der Waals surface area contributed by atoms with Crippen LogP contribution in [0.3, 0.4) is 0 Å². The second-order valence-corrected chi connectivity index (χ2v) is 7.63. The smallest absolute Gasteiger partial charge is 0.368 e. The van der Waals surface area contributed by atoms with Crippen LogP contribution < -0.4 is 11.1 Å². The molecule has 3 N–H and O–H groups in total. The highest BCUT2D eigenvalue weighted by molar-refractivity contribution is 7.22. The van der Waals surface area contributed by atoms with E-state index in [0.29, 0.717) is 23.4 Å². The molecule has 1 atom stereocenters. The Morgan fingerprint density at radius 1 is 1.00 bits per heavy atom. The van der Waals surface area contributed by atoms with Gasteiger partial charge >= 0.3 is 6.18 Å². The van der Waals surface area contributed by atoms with Crippen molar-refractivity contribution in [2.75, 3.05) is 11.9 Å². The van der Waals surface area contributed by atoms with Gasteiger partial charge in [-0.1, -0.05) is 30.3 Å². The van der Waals surface area contributed by atoms with Crippen molar-refractivity contribution < 1.29 is 13.2 Å². The fourth-order valence-electron chi connectivity index (χ4n) is 2.97. The number of nitrogens with zero attached hydrogens (tertiary/aromatic N) is 2. The Morgan fingerprint density at radius 3 is 2.55 bits per heavy atom. The molecule has 148 valence electrons. The number of benzene rings is 2. The SMILES string of the molecule is NC(CNc1cc(-c2cc3cc(C(F)(F)F)ccc3s2)ncn1)c1ccccc1. The number of alkyl halides is 3. The fraction of sp³-hybridized carbons (Fsp3) is 0.143. The summed E-state index contributed by atoms with van der Waals surface area (Å²) >= 11 is 1.39. The molecule has 0 saturated carbocycles. The van der Waals surface area contributed by atoms with Gasteiger partial charge in [-0.25, -0.2) is 9.97 Å². The highest BCUT2D eigenvalue weighted by Gasteiger charge is 2.30. The van der Waals surface area contributed by atoms with Crippen LogP contribution in [-0.2, 0) is 6.18 Å². The van der Waals surface area contributed by atoms with Crippen LogP contribution >= 0.6 is 11.3 Å². The third kappa shape index (κ3) is 4.38. The topological polar surface area (TPSA) is 63.8 Å². The predicted octanol–water partition coefficient (Wildman–Crippen LogP) is 5.49. The largest absolute Gasteiger partial charge is 0.416 e. The summed E-state index contributed by atoms with van der Waals surface area (Å²) in [6.45, 7) is 0.488. The molecule has 4 nitrogen and oxygen atoms in total. The normalized spacial score (nSPS) is 12.8. The van der Waals surface area contributed by atoms with Gasteiger partial charge in [0.1, 0.15) is 12.1 Å². The number of fused-ring (bicyclic) bond motifs is 1. The van der Waals surface area contributed by atoms with Crippen LogP contribution in [0.4, 0.5) is 19.0 Å². The van der Waals surface area contributed by atoms with Gasteiger partial charge in [-0.15, -0.1) is 11.3 Å². The summed E-state index contributed by atoms with van der Waals surface area (Å²) in [5.74, 6) is 0.606. The van der Waals surface area contributed by atoms with Crippen LogP contribution in [0.2, 0.25) is 0 Å². The first-order chi connectivity index (χ1) is 13.9. The van der Waals surface area contributed by atoms with Crippen molar-refractivity contribution in [1.29, 1.82) is 0 Å². The predicted molar refractivity (Wildman–Crippen MR) is 110 cm³/mol. The maximum absolute atomic E-state index is 12.9. The number of anilines is 1. The van der Waals surface area contributed by atoms with Crippen LogP contribution in [0.1, 0.15) is 17.2 Å². The number of nitrogens with one attached hydrogen (secondary N) is 1. The average Bonchev–Trinajstić information content (AvgIpc) is 3.16. The lowest BCUT2D eigenvalue weighted by Crippen LogP contribution is -2.20. The summed E-state index contributed by atoms with van der Waals surface area (Å²) in [6.07, 6.45) is -2.93. The number of rotatable bonds is 5. The van der Waals surface area contributed by atoms with Gasteiger partial charge in [0, 0.05) is 23.4 Å². The highest BCUT2D eigenvalue weighted by atomic mass is 32.1. The molecule has 2 aromatic carbocycles. The molecular formula is C21H17F3N4S. The summed E-state index contributed by atoms with van der Waals surface area (Å²) in [5.41, 5.74) is 7.20. The molecule has 0 aliphatic heterocycles. The Balaban J connectivity index is 1.54. The minimum Gasteiger partial charge on any atom is -0.368 e. The van der Waals surface area contributed by atoms with E-state index in [2.05, 4.69) is 15.3 Å². The van der Waals surface area contributed by atoms with Gasteiger partial charge in [0.25, 0.3) is 0 Å². The number of halogens is 3. The molecule has 0 radical (unpaired) electrons. The first-order valence-electron chi connectivity index (χ1n) is 8.88. The van der Waals surface area contributed by atoms with Crippen LogP contribution in [0, 0.1) is 0 Å². The first kappa shape index (κ1) is 19.4. The molecule has 0 aliphatic rings. The van der Waals surface area contributed by atoms with E-state index in [-0.39, 0.29) is 6.04 Å². The highest BCUT2D eigenvalue weighted by Crippen LogP contribution is 2.37.